The van der Waals surface area contributed by atoms with Crippen molar-refractivity contribution < 1.29 is 9.47 Å². The van der Waals surface area contributed by atoms with Gasteiger partial charge in [0.2, 0.25) is 0 Å². The molecule has 1 saturated heterocycles. The van der Waals surface area contributed by atoms with Gasteiger partial charge in [-0.3, -0.25) is 0 Å². The average molecular weight is 363 g/mol. The molecule has 6 nitrogen and oxygen atoms in total. The van der Waals surface area contributed by atoms with Crippen LogP contribution in [0.15, 0.2) is 53.4 Å². The Labute approximate surface area is 158 Å². The summed E-state index contributed by atoms with van der Waals surface area (Å²) < 4.78 is 10.7. The van der Waals surface area contributed by atoms with Crippen LogP contribution in [0.25, 0.3) is 0 Å². The molecule has 0 aliphatic carbocycles. The van der Waals surface area contributed by atoms with Crippen LogP contribution in [-0.2, 0) is 0 Å². The van der Waals surface area contributed by atoms with E-state index in [2.05, 4.69) is 26.9 Å². The van der Waals surface area contributed by atoms with Crippen molar-refractivity contribution in [2.45, 2.75) is 12.8 Å². The maximum atomic E-state index is 10.9. The van der Waals surface area contributed by atoms with Gasteiger partial charge in [0, 0.05) is 19.3 Å². The second-order valence-electron chi connectivity index (χ2n) is 6.04. The fourth-order valence-electron chi connectivity index (χ4n) is 3.05. The van der Waals surface area contributed by atoms with Crippen molar-refractivity contribution >= 4 is 11.5 Å². The molecule has 0 radical (unpaired) electrons. The molecule has 1 aliphatic rings. The zero-order chi connectivity index (χ0) is 19.1. The quantitative estimate of drug-likeness (QED) is 0.605. The summed E-state index contributed by atoms with van der Waals surface area (Å²) in [4.78, 5) is 17.3. The number of piperidine rings is 1. The Morgan fingerprint density at radius 3 is 2.67 bits per heavy atom. The van der Waals surface area contributed by atoms with Crippen molar-refractivity contribution in [2.24, 2.45) is 5.18 Å². The van der Waals surface area contributed by atoms with Gasteiger partial charge < -0.3 is 14.4 Å². The van der Waals surface area contributed by atoms with Crippen molar-refractivity contribution in [1.29, 1.82) is 0 Å². The smallest absolute Gasteiger partial charge is 0.176 e. The Balaban J connectivity index is 1.69. The zero-order valence-corrected chi connectivity index (χ0v) is 15.4. The number of ether oxygens (including phenoxy) is 2. The van der Waals surface area contributed by atoms with E-state index in [1.165, 1.54) is 5.57 Å². The van der Waals surface area contributed by atoms with Gasteiger partial charge in [-0.2, -0.15) is 0 Å². The van der Waals surface area contributed by atoms with Gasteiger partial charge in [-0.15, -0.1) is 4.91 Å². The summed E-state index contributed by atoms with van der Waals surface area (Å²) in [6, 6.07) is 9.05. The lowest BCUT2D eigenvalue weighted by molar-refractivity contribution is 0.354. The first-order valence-electron chi connectivity index (χ1n) is 8.70. The van der Waals surface area contributed by atoms with E-state index in [1.54, 1.807) is 32.5 Å². The molecule has 0 spiro atoms. The van der Waals surface area contributed by atoms with E-state index in [9.17, 15) is 4.91 Å². The van der Waals surface area contributed by atoms with Crippen LogP contribution in [-0.4, -0.2) is 32.3 Å². The van der Waals surface area contributed by atoms with E-state index < -0.39 is 0 Å². The molecule has 2 aromatic rings. The fourth-order valence-corrected chi connectivity index (χ4v) is 3.05. The highest BCUT2D eigenvalue weighted by Gasteiger charge is 2.18. The van der Waals surface area contributed by atoms with E-state index in [-0.39, 0.29) is 0 Å². The van der Waals surface area contributed by atoms with E-state index in [4.69, 9.17) is 9.47 Å². The molecule has 138 valence electrons. The first kappa shape index (κ1) is 18.5. The van der Waals surface area contributed by atoms with Crippen LogP contribution in [0.4, 0.5) is 11.5 Å². The maximum absolute atomic E-state index is 10.9. The standard InChI is InChI=1S/C21H21N3O3/c1-26-19-10-4-8-17(20(19)27-2)7-3-6-16-11-14-24(15-12-16)21-18(23-25)9-5-13-22-21/h4-6,8-10,13H,11-12,14-15H2,1-2H3. The van der Waals surface area contributed by atoms with Crippen LogP contribution in [0.2, 0.25) is 0 Å². The maximum Gasteiger partial charge on any atom is 0.176 e. The molecule has 0 saturated carbocycles. The predicted molar refractivity (Wildman–Crippen MR) is 106 cm³/mol. The number of anilines is 1. The molecule has 6 heteroatoms. The number of allylic oxidation sites excluding steroid dienone is 1. The molecule has 2 heterocycles. The van der Waals surface area contributed by atoms with E-state index >= 15 is 0 Å². The number of para-hydroxylation sites is 1. The van der Waals surface area contributed by atoms with E-state index in [1.807, 2.05) is 24.3 Å². The number of nitrogens with zero attached hydrogens (tertiary/aromatic N) is 3. The summed E-state index contributed by atoms with van der Waals surface area (Å²) >= 11 is 0. The first-order valence-corrected chi connectivity index (χ1v) is 8.70. The summed E-state index contributed by atoms with van der Waals surface area (Å²) in [5.74, 6) is 8.22. The van der Waals surface area contributed by atoms with Gasteiger partial charge in [-0.25, -0.2) is 4.98 Å². The third-order valence-corrected chi connectivity index (χ3v) is 4.46. The minimum absolute atomic E-state index is 0.384. The van der Waals surface area contributed by atoms with Crippen LogP contribution in [0, 0.1) is 16.7 Å². The molecule has 0 N–H and O–H groups in total. The largest absolute Gasteiger partial charge is 0.493 e. The Bertz CT molecular complexity index is 902. The van der Waals surface area contributed by atoms with Crippen LogP contribution < -0.4 is 14.4 Å². The molecule has 0 amide bonds. The van der Waals surface area contributed by atoms with Crippen LogP contribution in [0.3, 0.4) is 0 Å². The Kier molecular flexibility index (Phi) is 6.06. The molecular formula is C21H21N3O3. The Morgan fingerprint density at radius 2 is 1.96 bits per heavy atom. The van der Waals surface area contributed by atoms with Crippen molar-refractivity contribution in [3.63, 3.8) is 0 Å². The zero-order valence-electron chi connectivity index (χ0n) is 15.4. The third kappa shape index (κ3) is 4.26. The normalized spacial score (nSPS) is 13.4. The molecule has 1 aliphatic heterocycles. The van der Waals surface area contributed by atoms with E-state index in [0.29, 0.717) is 23.0 Å². The SMILES string of the molecule is COc1cccc(C#CC=C2CCN(c3ncccc3N=O)CC2)c1OC. The highest BCUT2D eigenvalue weighted by Crippen LogP contribution is 2.30. The lowest BCUT2D eigenvalue weighted by Crippen LogP contribution is -2.31. The number of nitroso groups, excluding NO2 is 1. The van der Waals surface area contributed by atoms with Crippen molar-refractivity contribution in [2.75, 3.05) is 32.2 Å². The lowest BCUT2D eigenvalue weighted by atomic mass is 10.0. The topological polar surface area (TPSA) is 64.0 Å². The lowest BCUT2D eigenvalue weighted by Gasteiger charge is -2.29. The number of benzene rings is 1. The number of hydrogen-bond acceptors (Lipinski definition) is 6. The molecule has 0 bridgehead atoms. The van der Waals surface area contributed by atoms with Crippen LogP contribution >= 0.6 is 0 Å². The summed E-state index contributed by atoms with van der Waals surface area (Å²) in [5.41, 5.74) is 2.45. The summed E-state index contributed by atoms with van der Waals surface area (Å²) in [6.07, 6.45) is 5.40. The summed E-state index contributed by atoms with van der Waals surface area (Å²) in [5, 5.41) is 3.07. The third-order valence-electron chi connectivity index (χ3n) is 4.46. The average Bonchev–Trinajstić information content (AvgIpc) is 2.74. The van der Waals surface area contributed by atoms with Crippen molar-refractivity contribution in [3.8, 4) is 23.3 Å². The number of rotatable bonds is 4. The van der Waals surface area contributed by atoms with Crippen molar-refractivity contribution in [1.82, 2.24) is 4.98 Å². The van der Waals surface area contributed by atoms with E-state index in [0.717, 1.165) is 31.5 Å². The number of aromatic nitrogens is 1. The molecule has 1 fully saturated rings. The van der Waals surface area contributed by atoms with Crippen LogP contribution in [0.5, 0.6) is 11.5 Å². The van der Waals surface area contributed by atoms with Gasteiger partial charge in [0.25, 0.3) is 0 Å². The van der Waals surface area contributed by atoms with Gasteiger partial charge in [0.1, 0.15) is 5.69 Å². The molecule has 0 unspecified atom stereocenters. The Hall–Kier alpha value is -3.33. The summed E-state index contributed by atoms with van der Waals surface area (Å²) in [6.45, 7) is 1.57. The van der Waals surface area contributed by atoms with Gasteiger partial charge in [0.15, 0.2) is 17.3 Å². The van der Waals surface area contributed by atoms with Crippen LogP contribution in [0.1, 0.15) is 18.4 Å². The fraction of sp³-hybridized carbons (Fsp3) is 0.286. The minimum Gasteiger partial charge on any atom is -0.493 e. The molecule has 1 aromatic heterocycles. The molecular weight excluding hydrogens is 342 g/mol. The molecule has 3 rings (SSSR count). The molecule has 1 aromatic carbocycles. The monoisotopic (exact) mass is 363 g/mol. The number of pyridine rings is 1. The number of hydrogen-bond donors (Lipinski definition) is 0. The van der Waals surface area contributed by atoms with Gasteiger partial charge in [0.05, 0.1) is 19.8 Å². The first-order chi connectivity index (χ1) is 13.3. The van der Waals surface area contributed by atoms with Gasteiger partial charge >= 0.3 is 0 Å². The highest BCUT2D eigenvalue weighted by molar-refractivity contribution is 5.62. The second kappa shape index (κ2) is 8.86. The van der Waals surface area contributed by atoms with Gasteiger partial charge in [-0.1, -0.05) is 23.5 Å². The highest BCUT2D eigenvalue weighted by atomic mass is 16.5. The van der Waals surface area contributed by atoms with Gasteiger partial charge in [-0.05, 0) is 48.4 Å². The summed E-state index contributed by atoms with van der Waals surface area (Å²) in [7, 11) is 3.22. The minimum atomic E-state index is 0.384. The van der Waals surface area contributed by atoms with Crippen molar-refractivity contribution in [3.05, 3.63) is 58.6 Å². The second-order valence-corrected chi connectivity index (χ2v) is 6.04. The molecule has 0 atom stereocenters. The predicted octanol–water partition coefficient (Wildman–Crippen LogP) is 4.08. The Morgan fingerprint density at radius 1 is 1.15 bits per heavy atom. The number of methoxy groups -OCH3 is 2. The molecule has 27 heavy (non-hydrogen) atoms.